The van der Waals surface area contributed by atoms with Gasteiger partial charge in [-0.15, -0.1) is 0 Å². The molecular weight excluding hydrogens is 254 g/mol. The number of pyridine rings is 1. The van der Waals surface area contributed by atoms with E-state index in [1.165, 1.54) is 16.7 Å². The van der Waals surface area contributed by atoms with Gasteiger partial charge in [0, 0.05) is 11.8 Å². The van der Waals surface area contributed by atoms with Crippen LogP contribution in [0.3, 0.4) is 0 Å². The van der Waals surface area contributed by atoms with Gasteiger partial charge in [0.1, 0.15) is 0 Å². The van der Waals surface area contributed by atoms with Crippen LogP contribution in [0.2, 0.25) is 0 Å². The quantitative estimate of drug-likeness (QED) is 0.694. The second-order valence-corrected chi connectivity index (χ2v) is 8.12. The number of aromatic nitrogens is 1. The van der Waals surface area contributed by atoms with E-state index in [-0.39, 0.29) is 5.41 Å². The molecule has 0 fully saturated rings. The molecule has 1 nitrogen and oxygen atoms in total. The minimum absolute atomic E-state index is 0.152. The van der Waals surface area contributed by atoms with Crippen molar-refractivity contribution in [1.82, 2.24) is 4.98 Å². The molecule has 0 N–H and O–H groups in total. The zero-order valence-corrected chi connectivity index (χ0v) is 14.2. The van der Waals surface area contributed by atoms with Crippen LogP contribution in [0, 0.1) is 5.41 Å². The highest BCUT2D eigenvalue weighted by Crippen LogP contribution is 2.26. The second-order valence-electron chi connectivity index (χ2n) is 8.12. The minimum Gasteiger partial charge on any atom is -0.256 e. The van der Waals surface area contributed by atoms with Crippen molar-refractivity contribution in [3.8, 4) is 11.3 Å². The van der Waals surface area contributed by atoms with Crippen LogP contribution >= 0.6 is 0 Å². The predicted molar refractivity (Wildman–Crippen MR) is 91.5 cm³/mol. The fraction of sp³-hybridized carbons (Fsp3) is 0.450. The Morgan fingerprint density at radius 2 is 1.62 bits per heavy atom. The zero-order chi connectivity index (χ0) is 15.7. The van der Waals surface area contributed by atoms with Crippen LogP contribution in [0.15, 0.2) is 42.6 Å². The first-order valence-corrected chi connectivity index (χ1v) is 7.71. The molecule has 2 rings (SSSR count). The van der Waals surface area contributed by atoms with E-state index in [9.17, 15) is 0 Å². The summed E-state index contributed by atoms with van der Waals surface area (Å²) in [4.78, 5) is 4.65. The molecule has 0 spiro atoms. The van der Waals surface area contributed by atoms with E-state index in [0.29, 0.717) is 5.41 Å². The average Bonchev–Trinajstić information content (AvgIpc) is 2.36. The van der Waals surface area contributed by atoms with Gasteiger partial charge in [0.15, 0.2) is 0 Å². The van der Waals surface area contributed by atoms with Gasteiger partial charge < -0.3 is 0 Å². The minimum atomic E-state index is 0.152. The third-order valence-electron chi connectivity index (χ3n) is 3.59. The Labute approximate surface area is 129 Å². The Hall–Kier alpha value is -1.63. The molecule has 0 aliphatic carbocycles. The first kappa shape index (κ1) is 15.8. The lowest BCUT2D eigenvalue weighted by Gasteiger charge is -2.19. The van der Waals surface area contributed by atoms with Crippen molar-refractivity contribution in [1.29, 1.82) is 0 Å². The molecule has 1 aromatic carbocycles. The lowest BCUT2D eigenvalue weighted by atomic mass is 9.87. The zero-order valence-electron chi connectivity index (χ0n) is 14.2. The number of hydrogen-bond donors (Lipinski definition) is 0. The monoisotopic (exact) mass is 281 g/mol. The summed E-state index contributed by atoms with van der Waals surface area (Å²) < 4.78 is 0. The Kier molecular flexibility index (Phi) is 4.22. The highest BCUT2D eigenvalue weighted by Gasteiger charge is 2.14. The molecule has 0 atom stereocenters. The highest BCUT2D eigenvalue weighted by molar-refractivity contribution is 5.60. The molecule has 0 saturated heterocycles. The Balaban J connectivity index is 2.28. The maximum absolute atomic E-state index is 4.65. The van der Waals surface area contributed by atoms with Gasteiger partial charge in [0.2, 0.25) is 0 Å². The van der Waals surface area contributed by atoms with Crippen molar-refractivity contribution in [2.45, 2.75) is 53.4 Å². The molecule has 0 aliphatic heterocycles. The van der Waals surface area contributed by atoms with Crippen molar-refractivity contribution < 1.29 is 0 Å². The summed E-state index contributed by atoms with van der Waals surface area (Å²) in [6.45, 7) is 13.5. The van der Waals surface area contributed by atoms with Gasteiger partial charge in [-0.05, 0) is 40.5 Å². The van der Waals surface area contributed by atoms with Crippen molar-refractivity contribution in [2.24, 2.45) is 5.41 Å². The van der Waals surface area contributed by atoms with Gasteiger partial charge in [-0.3, -0.25) is 4.98 Å². The smallest absolute Gasteiger partial charge is 0.0702 e. The average molecular weight is 281 g/mol. The molecule has 112 valence electrons. The maximum Gasteiger partial charge on any atom is 0.0702 e. The Morgan fingerprint density at radius 3 is 2.14 bits per heavy atom. The second kappa shape index (κ2) is 5.63. The largest absolute Gasteiger partial charge is 0.256 e. The standard InChI is InChI=1S/C20H27N/c1-19(2,3)13-15-8-7-9-16(12-15)18-11-10-17(14-21-18)20(4,5)6/h7-12,14H,13H2,1-6H3. The molecule has 0 bridgehead atoms. The molecule has 21 heavy (non-hydrogen) atoms. The summed E-state index contributed by atoms with van der Waals surface area (Å²) in [6, 6.07) is 13.1. The molecule has 0 amide bonds. The summed E-state index contributed by atoms with van der Waals surface area (Å²) >= 11 is 0. The van der Waals surface area contributed by atoms with E-state index in [1.807, 2.05) is 6.20 Å². The molecular formula is C20H27N. The lowest BCUT2D eigenvalue weighted by Crippen LogP contribution is -2.11. The number of benzene rings is 1. The lowest BCUT2D eigenvalue weighted by molar-refractivity contribution is 0.411. The summed E-state index contributed by atoms with van der Waals surface area (Å²) in [7, 11) is 0. The van der Waals surface area contributed by atoms with E-state index in [1.54, 1.807) is 0 Å². The summed E-state index contributed by atoms with van der Waals surface area (Å²) in [5.74, 6) is 0. The summed E-state index contributed by atoms with van der Waals surface area (Å²) in [6.07, 6.45) is 3.09. The topological polar surface area (TPSA) is 12.9 Å². The van der Waals surface area contributed by atoms with Crippen LogP contribution in [0.25, 0.3) is 11.3 Å². The van der Waals surface area contributed by atoms with Gasteiger partial charge in [0.25, 0.3) is 0 Å². The van der Waals surface area contributed by atoms with Gasteiger partial charge in [0.05, 0.1) is 5.69 Å². The Morgan fingerprint density at radius 1 is 0.905 bits per heavy atom. The highest BCUT2D eigenvalue weighted by atomic mass is 14.7. The number of hydrogen-bond acceptors (Lipinski definition) is 1. The predicted octanol–water partition coefficient (Wildman–Crippen LogP) is 5.63. The van der Waals surface area contributed by atoms with Crippen LogP contribution < -0.4 is 0 Å². The van der Waals surface area contributed by atoms with E-state index in [4.69, 9.17) is 0 Å². The van der Waals surface area contributed by atoms with Gasteiger partial charge >= 0.3 is 0 Å². The molecule has 0 aliphatic rings. The first-order chi connectivity index (χ1) is 9.65. The third-order valence-corrected chi connectivity index (χ3v) is 3.59. The molecule has 1 aromatic heterocycles. The van der Waals surface area contributed by atoms with Crippen molar-refractivity contribution in [3.05, 3.63) is 53.7 Å². The van der Waals surface area contributed by atoms with Crippen molar-refractivity contribution in [2.75, 3.05) is 0 Å². The molecule has 0 saturated carbocycles. The van der Waals surface area contributed by atoms with E-state index < -0.39 is 0 Å². The summed E-state index contributed by atoms with van der Waals surface area (Å²) in [5, 5.41) is 0. The fourth-order valence-corrected chi connectivity index (χ4v) is 2.46. The molecule has 2 aromatic rings. The van der Waals surface area contributed by atoms with Crippen molar-refractivity contribution >= 4 is 0 Å². The van der Waals surface area contributed by atoms with Crippen LogP contribution in [0.1, 0.15) is 52.7 Å². The summed E-state index contributed by atoms with van der Waals surface area (Å²) in [5.41, 5.74) is 5.37. The first-order valence-electron chi connectivity index (χ1n) is 7.71. The molecule has 0 radical (unpaired) electrons. The Bertz CT molecular complexity index is 595. The number of rotatable bonds is 2. The van der Waals surface area contributed by atoms with Gasteiger partial charge in [-0.2, -0.15) is 0 Å². The fourth-order valence-electron chi connectivity index (χ4n) is 2.46. The van der Waals surface area contributed by atoms with Crippen molar-refractivity contribution in [3.63, 3.8) is 0 Å². The molecule has 1 heterocycles. The van der Waals surface area contributed by atoms with E-state index in [2.05, 4.69) is 82.9 Å². The molecule has 0 unspecified atom stereocenters. The van der Waals surface area contributed by atoms with Gasteiger partial charge in [-0.25, -0.2) is 0 Å². The van der Waals surface area contributed by atoms with Crippen LogP contribution in [-0.2, 0) is 11.8 Å². The van der Waals surface area contributed by atoms with E-state index in [0.717, 1.165) is 12.1 Å². The van der Waals surface area contributed by atoms with Gasteiger partial charge in [-0.1, -0.05) is 65.8 Å². The maximum atomic E-state index is 4.65. The SMILES string of the molecule is CC(C)(C)Cc1cccc(-c2ccc(C(C)(C)C)cn2)c1. The molecule has 1 heteroatoms. The van der Waals surface area contributed by atoms with Crippen LogP contribution in [0.4, 0.5) is 0 Å². The van der Waals surface area contributed by atoms with Crippen LogP contribution in [0.5, 0.6) is 0 Å². The number of nitrogens with zero attached hydrogens (tertiary/aromatic N) is 1. The van der Waals surface area contributed by atoms with Crippen LogP contribution in [-0.4, -0.2) is 4.98 Å². The third kappa shape index (κ3) is 4.42. The normalized spacial score (nSPS) is 12.5. The van der Waals surface area contributed by atoms with E-state index >= 15 is 0 Å².